The summed E-state index contributed by atoms with van der Waals surface area (Å²) in [5.74, 6) is -0.167. The maximum absolute atomic E-state index is 12.9. The third-order valence-corrected chi connectivity index (χ3v) is 4.69. The van der Waals surface area contributed by atoms with E-state index in [1.807, 2.05) is 60.7 Å². The van der Waals surface area contributed by atoms with Crippen molar-refractivity contribution in [1.82, 2.24) is 15.5 Å². The summed E-state index contributed by atoms with van der Waals surface area (Å²) in [6.45, 7) is 6.10. The van der Waals surface area contributed by atoms with Crippen molar-refractivity contribution in [2.24, 2.45) is 0 Å². The van der Waals surface area contributed by atoms with Crippen molar-refractivity contribution in [3.05, 3.63) is 71.8 Å². The molecule has 0 atom stereocenters. The van der Waals surface area contributed by atoms with Crippen molar-refractivity contribution >= 4 is 18.3 Å². The van der Waals surface area contributed by atoms with E-state index >= 15 is 0 Å². The minimum absolute atomic E-state index is 0. The van der Waals surface area contributed by atoms with E-state index in [0.717, 1.165) is 56.8 Å². The van der Waals surface area contributed by atoms with Crippen molar-refractivity contribution in [1.29, 1.82) is 0 Å². The van der Waals surface area contributed by atoms with Crippen LogP contribution in [0.1, 0.15) is 23.5 Å². The van der Waals surface area contributed by atoms with Crippen molar-refractivity contribution in [2.75, 3.05) is 39.3 Å². The first kappa shape index (κ1) is 20.4. The minimum Gasteiger partial charge on any atom is -0.355 e. The van der Waals surface area contributed by atoms with Gasteiger partial charge in [-0.2, -0.15) is 0 Å². The van der Waals surface area contributed by atoms with Crippen LogP contribution in [0.5, 0.6) is 0 Å². The van der Waals surface area contributed by atoms with Gasteiger partial charge in [0.1, 0.15) is 0 Å². The van der Waals surface area contributed by atoms with Gasteiger partial charge >= 0.3 is 0 Å². The fourth-order valence-corrected chi connectivity index (χ4v) is 3.34. The van der Waals surface area contributed by atoms with Gasteiger partial charge in [-0.25, -0.2) is 0 Å². The summed E-state index contributed by atoms with van der Waals surface area (Å²) in [6, 6.07) is 20.0. The van der Waals surface area contributed by atoms with E-state index in [2.05, 4.69) is 15.5 Å². The number of nitrogens with zero attached hydrogens (tertiary/aromatic N) is 1. The Morgan fingerprint density at radius 1 is 0.962 bits per heavy atom. The molecule has 1 heterocycles. The Morgan fingerprint density at radius 2 is 1.50 bits per heavy atom. The molecule has 0 saturated carbocycles. The van der Waals surface area contributed by atoms with Crippen LogP contribution in [0.4, 0.5) is 0 Å². The summed E-state index contributed by atoms with van der Waals surface area (Å²) in [5, 5.41) is 6.50. The first-order valence-electron chi connectivity index (χ1n) is 9.15. The van der Waals surface area contributed by atoms with E-state index in [1.165, 1.54) is 0 Å². The van der Waals surface area contributed by atoms with Crippen LogP contribution in [-0.4, -0.2) is 50.1 Å². The highest BCUT2D eigenvalue weighted by Crippen LogP contribution is 2.24. The maximum Gasteiger partial charge on any atom is 0.232 e. The molecule has 1 aliphatic rings. The first-order chi connectivity index (χ1) is 12.3. The molecule has 1 saturated heterocycles. The largest absolute Gasteiger partial charge is 0.355 e. The summed E-state index contributed by atoms with van der Waals surface area (Å²) in [5.41, 5.74) is 2.07. The van der Waals surface area contributed by atoms with Crippen LogP contribution in [-0.2, 0) is 4.79 Å². The van der Waals surface area contributed by atoms with Crippen LogP contribution < -0.4 is 10.6 Å². The van der Waals surface area contributed by atoms with E-state index in [0.29, 0.717) is 0 Å². The van der Waals surface area contributed by atoms with E-state index in [-0.39, 0.29) is 24.2 Å². The normalized spacial score (nSPS) is 14.7. The van der Waals surface area contributed by atoms with E-state index in [9.17, 15) is 4.79 Å². The number of hydrogen-bond acceptors (Lipinski definition) is 3. The lowest BCUT2D eigenvalue weighted by Crippen LogP contribution is -2.44. The van der Waals surface area contributed by atoms with Gasteiger partial charge in [0.2, 0.25) is 5.91 Å². The van der Waals surface area contributed by atoms with Crippen molar-refractivity contribution in [3.8, 4) is 0 Å². The summed E-state index contributed by atoms with van der Waals surface area (Å²) < 4.78 is 0. The summed E-state index contributed by atoms with van der Waals surface area (Å²) >= 11 is 0. The van der Waals surface area contributed by atoms with Gasteiger partial charge in [-0.3, -0.25) is 4.79 Å². The molecule has 0 unspecified atom stereocenters. The SMILES string of the molecule is Cl.O=C(NCCCN1CCNCC1)C(c1ccccc1)c1ccccc1. The van der Waals surface area contributed by atoms with Gasteiger partial charge in [0.15, 0.2) is 0 Å². The van der Waals surface area contributed by atoms with Gasteiger partial charge in [0, 0.05) is 32.7 Å². The number of benzene rings is 2. The topological polar surface area (TPSA) is 44.4 Å². The van der Waals surface area contributed by atoms with Crippen LogP contribution in [0.2, 0.25) is 0 Å². The van der Waals surface area contributed by atoms with Crippen LogP contribution in [0.15, 0.2) is 60.7 Å². The zero-order chi connectivity index (χ0) is 17.3. The maximum atomic E-state index is 12.9. The minimum atomic E-state index is -0.249. The van der Waals surface area contributed by atoms with E-state index in [1.54, 1.807) is 0 Å². The monoisotopic (exact) mass is 373 g/mol. The van der Waals surface area contributed by atoms with Crippen molar-refractivity contribution < 1.29 is 4.79 Å². The van der Waals surface area contributed by atoms with Crippen LogP contribution in [0, 0.1) is 0 Å². The lowest BCUT2D eigenvalue weighted by molar-refractivity contribution is -0.121. The molecule has 2 aromatic carbocycles. The number of piperazine rings is 1. The van der Waals surface area contributed by atoms with Gasteiger partial charge in [-0.1, -0.05) is 60.7 Å². The molecule has 4 nitrogen and oxygen atoms in total. The second kappa shape index (κ2) is 11.0. The second-order valence-corrected chi connectivity index (χ2v) is 6.49. The van der Waals surface area contributed by atoms with E-state index in [4.69, 9.17) is 0 Å². The Morgan fingerprint density at radius 3 is 2.04 bits per heavy atom. The van der Waals surface area contributed by atoms with Gasteiger partial charge in [-0.15, -0.1) is 12.4 Å². The molecule has 0 spiro atoms. The molecule has 1 amide bonds. The lowest BCUT2D eigenvalue weighted by atomic mass is 9.90. The molecule has 2 aromatic rings. The first-order valence-corrected chi connectivity index (χ1v) is 9.15. The van der Waals surface area contributed by atoms with Crippen molar-refractivity contribution in [3.63, 3.8) is 0 Å². The number of carbonyl (C=O) groups is 1. The van der Waals surface area contributed by atoms with Gasteiger partial charge in [-0.05, 0) is 24.1 Å². The Hall–Kier alpha value is -1.88. The molecule has 1 fully saturated rings. The molecule has 2 N–H and O–H groups in total. The third kappa shape index (κ3) is 5.84. The Kier molecular flexibility index (Phi) is 8.62. The predicted octanol–water partition coefficient (Wildman–Crippen LogP) is 2.65. The molecule has 26 heavy (non-hydrogen) atoms. The molecule has 5 heteroatoms. The molecule has 3 rings (SSSR count). The molecule has 0 bridgehead atoms. The van der Waals surface area contributed by atoms with Gasteiger partial charge in [0.05, 0.1) is 5.92 Å². The Bertz CT molecular complexity index is 605. The van der Waals surface area contributed by atoms with Crippen LogP contribution in [0.3, 0.4) is 0 Å². The molecule has 1 aliphatic heterocycles. The number of nitrogens with one attached hydrogen (secondary N) is 2. The molecule has 0 aliphatic carbocycles. The second-order valence-electron chi connectivity index (χ2n) is 6.49. The molecular weight excluding hydrogens is 346 g/mol. The lowest BCUT2D eigenvalue weighted by Gasteiger charge is -2.27. The highest BCUT2D eigenvalue weighted by Gasteiger charge is 2.22. The summed E-state index contributed by atoms with van der Waals surface area (Å²) in [6.07, 6.45) is 0.988. The highest BCUT2D eigenvalue weighted by molar-refractivity contribution is 5.87. The zero-order valence-corrected chi connectivity index (χ0v) is 15.9. The van der Waals surface area contributed by atoms with Gasteiger partial charge in [0.25, 0.3) is 0 Å². The number of rotatable bonds is 7. The molecular formula is C21H28ClN3O. The zero-order valence-electron chi connectivity index (χ0n) is 15.1. The Balaban J connectivity index is 0.00000243. The average Bonchev–Trinajstić information content (AvgIpc) is 2.68. The predicted molar refractivity (Wildman–Crippen MR) is 109 cm³/mol. The Labute approximate surface area is 162 Å². The number of carbonyl (C=O) groups excluding carboxylic acids is 1. The number of halogens is 1. The highest BCUT2D eigenvalue weighted by atomic mass is 35.5. The number of hydrogen-bond donors (Lipinski definition) is 2. The van der Waals surface area contributed by atoms with Crippen molar-refractivity contribution in [2.45, 2.75) is 12.3 Å². The molecule has 0 aromatic heterocycles. The van der Waals surface area contributed by atoms with Gasteiger partial charge < -0.3 is 15.5 Å². The fourth-order valence-electron chi connectivity index (χ4n) is 3.34. The number of amides is 1. The van der Waals surface area contributed by atoms with Crippen LogP contribution >= 0.6 is 12.4 Å². The fraction of sp³-hybridized carbons (Fsp3) is 0.381. The average molecular weight is 374 g/mol. The van der Waals surface area contributed by atoms with E-state index < -0.39 is 0 Å². The standard InChI is InChI=1S/C21H27N3O.ClH/c25-21(23-12-7-15-24-16-13-22-14-17-24)20(18-8-3-1-4-9-18)19-10-5-2-6-11-19;/h1-6,8-11,20,22H,7,12-17H2,(H,23,25);1H. The summed E-state index contributed by atoms with van der Waals surface area (Å²) in [7, 11) is 0. The smallest absolute Gasteiger partial charge is 0.232 e. The summed E-state index contributed by atoms with van der Waals surface area (Å²) in [4.78, 5) is 15.3. The van der Waals surface area contributed by atoms with Crippen LogP contribution in [0.25, 0.3) is 0 Å². The quantitative estimate of drug-likeness (QED) is 0.733. The molecule has 0 radical (unpaired) electrons. The molecule has 140 valence electrons. The third-order valence-electron chi connectivity index (χ3n) is 4.69.